The Balaban J connectivity index is 2.28. The minimum Gasteiger partial charge on any atom is -0.461 e. The van der Waals surface area contributed by atoms with Crippen molar-refractivity contribution in [3.05, 3.63) is 60.6 Å². The molecule has 0 bridgehead atoms. The first-order valence-corrected chi connectivity index (χ1v) is 5.84. The second-order valence-corrected chi connectivity index (χ2v) is 4.30. The molecule has 1 unspecified atom stereocenters. The predicted molar refractivity (Wildman–Crippen MR) is 70.8 cm³/mol. The lowest BCUT2D eigenvalue weighted by atomic mass is 10.0. The van der Waals surface area contributed by atoms with Gasteiger partial charge in [0.25, 0.3) is 0 Å². The molecule has 0 aliphatic heterocycles. The second kappa shape index (κ2) is 5.08. The molecule has 93 valence electrons. The van der Waals surface area contributed by atoms with Crippen molar-refractivity contribution in [1.29, 1.82) is 0 Å². The fourth-order valence-electron chi connectivity index (χ4n) is 1.90. The highest BCUT2D eigenvalue weighted by molar-refractivity contribution is 5.74. The fraction of sp³-hybridized carbons (Fsp3) is 0.200. The van der Waals surface area contributed by atoms with E-state index < -0.39 is 5.72 Å². The van der Waals surface area contributed by atoms with Gasteiger partial charge in [-0.3, -0.25) is 4.79 Å². The van der Waals surface area contributed by atoms with Gasteiger partial charge >= 0.3 is 0 Å². The standard InChI is InChI=1S/C15H16NO2/c1-12-7-6-10-15(11-12,16-13(2)17)18-14-8-4-3-5-9-14/h3-11H,1-2H3,(H,16,17). The highest BCUT2D eigenvalue weighted by Crippen LogP contribution is 2.24. The summed E-state index contributed by atoms with van der Waals surface area (Å²) < 4.78 is 5.91. The monoisotopic (exact) mass is 242 g/mol. The molecule has 18 heavy (non-hydrogen) atoms. The summed E-state index contributed by atoms with van der Waals surface area (Å²) in [6.07, 6.45) is 7.57. The predicted octanol–water partition coefficient (Wildman–Crippen LogP) is 2.62. The van der Waals surface area contributed by atoms with Gasteiger partial charge < -0.3 is 10.1 Å². The van der Waals surface area contributed by atoms with Gasteiger partial charge in [0.2, 0.25) is 11.6 Å². The van der Waals surface area contributed by atoms with Crippen molar-refractivity contribution < 1.29 is 9.53 Å². The van der Waals surface area contributed by atoms with Gasteiger partial charge in [-0.25, -0.2) is 0 Å². The maximum absolute atomic E-state index is 11.3. The Bertz CT molecular complexity index is 490. The molecule has 0 saturated heterocycles. The molecule has 1 amide bonds. The van der Waals surface area contributed by atoms with Crippen LogP contribution in [0.3, 0.4) is 0 Å². The first-order chi connectivity index (χ1) is 8.60. The molecule has 0 aromatic heterocycles. The summed E-state index contributed by atoms with van der Waals surface area (Å²) in [7, 11) is 0. The third kappa shape index (κ3) is 3.00. The van der Waals surface area contributed by atoms with Crippen LogP contribution in [0.15, 0.2) is 54.1 Å². The molecule has 0 saturated carbocycles. The van der Waals surface area contributed by atoms with Crippen LogP contribution in [0.5, 0.6) is 5.75 Å². The van der Waals surface area contributed by atoms with E-state index in [1.165, 1.54) is 6.92 Å². The zero-order chi connectivity index (χ0) is 13.0. The van der Waals surface area contributed by atoms with E-state index in [-0.39, 0.29) is 5.91 Å². The van der Waals surface area contributed by atoms with Gasteiger partial charge in [-0.15, -0.1) is 0 Å². The molecule has 3 nitrogen and oxygen atoms in total. The number of amides is 1. The zero-order valence-corrected chi connectivity index (χ0v) is 10.5. The molecule has 1 aromatic carbocycles. The molecule has 3 heteroatoms. The largest absolute Gasteiger partial charge is 0.461 e. The number of allylic oxidation sites excluding steroid dienone is 2. The molecule has 2 rings (SSSR count). The minimum absolute atomic E-state index is 0.137. The number of rotatable bonds is 3. The highest BCUT2D eigenvalue weighted by Gasteiger charge is 2.29. The van der Waals surface area contributed by atoms with E-state index in [1.54, 1.807) is 0 Å². The number of carbonyl (C=O) groups excluding carboxylic acids is 1. The summed E-state index contributed by atoms with van der Waals surface area (Å²) >= 11 is 0. The topological polar surface area (TPSA) is 38.3 Å². The molecule has 1 aromatic rings. The Kier molecular flexibility index (Phi) is 3.51. The van der Waals surface area contributed by atoms with Crippen LogP contribution >= 0.6 is 0 Å². The number of hydrogen-bond acceptors (Lipinski definition) is 2. The van der Waals surface area contributed by atoms with Crippen LogP contribution in [0.25, 0.3) is 0 Å². The van der Waals surface area contributed by atoms with Crippen molar-refractivity contribution >= 4 is 5.91 Å². The molecular weight excluding hydrogens is 226 g/mol. The first kappa shape index (κ1) is 12.4. The Hall–Kier alpha value is -2.03. The summed E-state index contributed by atoms with van der Waals surface area (Å²) in [6.45, 7) is 3.44. The molecule has 1 N–H and O–H groups in total. The zero-order valence-electron chi connectivity index (χ0n) is 10.5. The van der Waals surface area contributed by atoms with Gasteiger partial charge in [-0.05, 0) is 31.2 Å². The van der Waals surface area contributed by atoms with E-state index in [4.69, 9.17) is 4.74 Å². The van der Waals surface area contributed by atoms with Gasteiger partial charge in [0.05, 0.1) is 0 Å². The molecule has 1 atom stereocenters. The SMILES string of the molecule is CC(=O)NC1(Oc2ccccc2)C=C[CH]C(C)=C1. The Labute approximate surface area is 107 Å². The third-order valence-corrected chi connectivity index (χ3v) is 2.55. The van der Waals surface area contributed by atoms with Crippen LogP contribution in [0, 0.1) is 6.42 Å². The number of hydrogen-bond donors (Lipinski definition) is 1. The van der Waals surface area contributed by atoms with E-state index in [0.29, 0.717) is 5.75 Å². The van der Waals surface area contributed by atoms with Crippen LogP contribution < -0.4 is 10.1 Å². The molecule has 0 heterocycles. The number of nitrogens with one attached hydrogen (secondary N) is 1. The number of para-hydroxylation sites is 1. The molecule has 1 aliphatic carbocycles. The van der Waals surface area contributed by atoms with E-state index in [1.807, 2.05) is 61.9 Å². The fourth-order valence-corrected chi connectivity index (χ4v) is 1.90. The van der Waals surface area contributed by atoms with Crippen molar-refractivity contribution in [1.82, 2.24) is 5.32 Å². The van der Waals surface area contributed by atoms with Crippen LogP contribution in [0.4, 0.5) is 0 Å². The van der Waals surface area contributed by atoms with Crippen LogP contribution in [0.2, 0.25) is 0 Å². The normalized spacial score (nSPS) is 22.2. The quantitative estimate of drug-likeness (QED) is 0.827. The number of benzene rings is 1. The van der Waals surface area contributed by atoms with E-state index in [0.717, 1.165) is 5.57 Å². The summed E-state index contributed by atoms with van der Waals surface area (Å²) in [5, 5.41) is 2.83. The average molecular weight is 242 g/mol. The Morgan fingerprint density at radius 2 is 2.00 bits per heavy atom. The number of ether oxygens (including phenoxy) is 1. The van der Waals surface area contributed by atoms with Crippen molar-refractivity contribution in [3.63, 3.8) is 0 Å². The molecular formula is C15H16NO2. The summed E-state index contributed by atoms with van der Waals surface area (Å²) in [6, 6.07) is 9.43. The average Bonchev–Trinajstić information content (AvgIpc) is 2.28. The second-order valence-electron chi connectivity index (χ2n) is 4.30. The van der Waals surface area contributed by atoms with Crippen LogP contribution in [0.1, 0.15) is 13.8 Å². The lowest BCUT2D eigenvalue weighted by Gasteiger charge is -2.31. The van der Waals surface area contributed by atoms with Gasteiger partial charge in [0.15, 0.2) is 0 Å². The van der Waals surface area contributed by atoms with E-state index in [2.05, 4.69) is 5.32 Å². The van der Waals surface area contributed by atoms with Crippen molar-refractivity contribution in [2.45, 2.75) is 19.6 Å². The Morgan fingerprint density at radius 3 is 2.61 bits per heavy atom. The summed E-state index contributed by atoms with van der Waals surface area (Å²) in [5.41, 5.74) is 0.147. The van der Waals surface area contributed by atoms with Crippen LogP contribution in [-0.2, 0) is 4.79 Å². The third-order valence-electron chi connectivity index (χ3n) is 2.55. The van der Waals surface area contributed by atoms with Gasteiger partial charge in [0, 0.05) is 13.3 Å². The molecule has 1 radical (unpaired) electrons. The van der Waals surface area contributed by atoms with Crippen molar-refractivity contribution in [2.24, 2.45) is 0 Å². The maximum Gasteiger partial charge on any atom is 0.222 e. The van der Waals surface area contributed by atoms with E-state index >= 15 is 0 Å². The van der Waals surface area contributed by atoms with Crippen LogP contribution in [-0.4, -0.2) is 11.6 Å². The smallest absolute Gasteiger partial charge is 0.222 e. The number of carbonyl (C=O) groups is 1. The highest BCUT2D eigenvalue weighted by atomic mass is 16.5. The minimum atomic E-state index is -0.897. The van der Waals surface area contributed by atoms with Gasteiger partial charge in [-0.1, -0.05) is 29.8 Å². The lowest BCUT2D eigenvalue weighted by molar-refractivity contribution is -0.122. The van der Waals surface area contributed by atoms with E-state index in [9.17, 15) is 4.79 Å². The molecule has 1 aliphatic rings. The first-order valence-electron chi connectivity index (χ1n) is 5.84. The summed E-state index contributed by atoms with van der Waals surface area (Å²) in [4.78, 5) is 11.3. The van der Waals surface area contributed by atoms with Gasteiger partial charge in [-0.2, -0.15) is 0 Å². The molecule has 0 fully saturated rings. The summed E-state index contributed by atoms with van der Waals surface area (Å²) in [5.74, 6) is 0.573. The maximum atomic E-state index is 11.3. The van der Waals surface area contributed by atoms with Crippen molar-refractivity contribution in [2.75, 3.05) is 0 Å². The van der Waals surface area contributed by atoms with Crippen molar-refractivity contribution in [3.8, 4) is 5.75 Å². The lowest BCUT2D eigenvalue weighted by Crippen LogP contribution is -2.50. The van der Waals surface area contributed by atoms with Gasteiger partial charge in [0.1, 0.15) is 5.75 Å². The Morgan fingerprint density at radius 1 is 1.28 bits per heavy atom. The molecule has 0 spiro atoms.